The fourth-order valence-electron chi connectivity index (χ4n) is 1.38. The van der Waals surface area contributed by atoms with Gasteiger partial charge in [0.25, 0.3) is 0 Å². The van der Waals surface area contributed by atoms with Crippen LogP contribution in [0.3, 0.4) is 0 Å². The first kappa shape index (κ1) is 14.0. The highest BCUT2D eigenvalue weighted by atomic mass is 16.2. The molecule has 3 nitrogen and oxygen atoms in total. The number of hydrogen-bond acceptors (Lipinski definition) is 2. The Bertz CT molecular complexity index is 230. The third kappa shape index (κ3) is 6.14. The number of carbonyl (C=O) groups is 1. The van der Waals surface area contributed by atoms with Crippen LogP contribution in [0.4, 0.5) is 0 Å². The number of terminal acetylenes is 1. The summed E-state index contributed by atoms with van der Waals surface area (Å²) in [5, 5.41) is 2.77. The van der Waals surface area contributed by atoms with Gasteiger partial charge < -0.3 is 11.1 Å². The molecule has 0 fully saturated rings. The van der Waals surface area contributed by atoms with E-state index >= 15 is 0 Å². The van der Waals surface area contributed by atoms with E-state index in [1.165, 1.54) is 0 Å². The molecule has 0 saturated heterocycles. The second kappa shape index (κ2) is 7.30. The number of hydrogen-bond donors (Lipinski definition) is 2. The first-order valence-electron chi connectivity index (χ1n) is 5.53. The highest BCUT2D eigenvalue weighted by molar-refractivity contribution is 5.82. The summed E-state index contributed by atoms with van der Waals surface area (Å²) in [4.78, 5) is 11.6. The maximum atomic E-state index is 11.6. The molecule has 0 aliphatic carbocycles. The molecule has 0 spiro atoms. The van der Waals surface area contributed by atoms with Gasteiger partial charge in [-0.25, -0.2) is 0 Å². The molecule has 0 aliphatic heterocycles. The predicted octanol–water partition coefficient (Wildman–Crippen LogP) is 1.28. The lowest BCUT2D eigenvalue weighted by Gasteiger charge is -2.17. The minimum Gasteiger partial charge on any atom is -0.341 e. The van der Waals surface area contributed by atoms with Crippen molar-refractivity contribution in [3.63, 3.8) is 0 Å². The van der Waals surface area contributed by atoms with Crippen LogP contribution in [0.25, 0.3) is 0 Å². The molecule has 0 rings (SSSR count). The Kier molecular flexibility index (Phi) is 6.81. The van der Waals surface area contributed by atoms with E-state index in [2.05, 4.69) is 11.2 Å². The molecule has 0 aromatic heterocycles. The first-order valence-corrected chi connectivity index (χ1v) is 5.53. The van der Waals surface area contributed by atoms with Crippen LogP contribution in [0, 0.1) is 18.3 Å². The van der Waals surface area contributed by atoms with Crippen LogP contribution in [-0.4, -0.2) is 18.0 Å². The molecular formula is C12H22N2O. The van der Waals surface area contributed by atoms with E-state index in [4.69, 9.17) is 12.2 Å². The summed E-state index contributed by atoms with van der Waals surface area (Å²) in [6.07, 6.45) is 7.75. The van der Waals surface area contributed by atoms with Crippen molar-refractivity contribution in [3.05, 3.63) is 0 Å². The largest absolute Gasteiger partial charge is 0.341 e. The van der Waals surface area contributed by atoms with Crippen LogP contribution >= 0.6 is 0 Å². The molecule has 86 valence electrons. The summed E-state index contributed by atoms with van der Waals surface area (Å²) >= 11 is 0. The molecule has 3 N–H and O–H groups in total. The van der Waals surface area contributed by atoms with Crippen LogP contribution in [0.2, 0.25) is 0 Å². The maximum Gasteiger partial charge on any atom is 0.237 e. The first-order chi connectivity index (χ1) is 7.01. The van der Waals surface area contributed by atoms with Gasteiger partial charge in [-0.3, -0.25) is 4.79 Å². The number of rotatable bonds is 6. The summed E-state index contributed by atoms with van der Waals surface area (Å²) < 4.78 is 0. The van der Waals surface area contributed by atoms with Gasteiger partial charge in [0.05, 0.1) is 12.1 Å². The molecule has 0 heterocycles. The highest BCUT2D eigenvalue weighted by Crippen LogP contribution is 2.03. The molecule has 1 unspecified atom stereocenters. The van der Waals surface area contributed by atoms with E-state index in [0.29, 0.717) is 12.3 Å². The maximum absolute atomic E-state index is 11.6. The van der Waals surface area contributed by atoms with Crippen LogP contribution in [0.15, 0.2) is 0 Å². The van der Waals surface area contributed by atoms with E-state index in [-0.39, 0.29) is 11.9 Å². The molecule has 0 aromatic carbocycles. The summed E-state index contributed by atoms with van der Waals surface area (Å²) in [5.74, 6) is 2.83. The van der Waals surface area contributed by atoms with Crippen molar-refractivity contribution in [2.24, 2.45) is 11.7 Å². The van der Waals surface area contributed by atoms with Crippen molar-refractivity contribution >= 4 is 5.91 Å². The van der Waals surface area contributed by atoms with Crippen molar-refractivity contribution in [3.8, 4) is 12.3 Å². The lowest BCUT2D eigenvalue weighted by Crippen LogP contribution is -2.45. The Labute approximate surface area is 92.8 Å². The topological polar surface area (TPSA) is 55.1 Å². The van der Waals surface area contributed by atoms with Crippen molar-refractivity contribution < 1.29 is 4.79 Å². The standard InChI is InChI=1S/C12H22N2O/c1-5-7-10(6-2)14-12(15)11(13)8-9(3)4/h2,9-11H,5,7-8,13H2,1,3-4H3,(H,14,15)/t10?,11-/m0/s1. The smallest absolute Gasteiger partial charge is 0.237 e. The van der Waals surface area contributed by atoms with Gasteiger partial charge in [-0.1, -0.05) is 33.1 Å². The number of carbonyl (C=O) groups excluding carboxylic acids is 1. The molecule has 0 bridgehead atoms. The molecule has 3 heteroatoms. The van der Waals surface area contributed by atoms with Gasteiger partial charge >= 0.3 is 0 Å². The van der Waals surface area contributed by atoms with Crippen molar-refractivity contribution in [1.82, 2.24) is 5.32 Å². The lowest BCUT2D eigenvalue weighted by atomic mass is 10.0. The monoisotopic (exact) mass is 210 g/mol. The summed E-state index contributed by atoms with van der Waals surface area (Å²) in [5.41, 5.74) is 5.74. The molecule has 15 heavy (non-hydrogen) atoms. The number of amides is 1. The van der Waals surface area contributed by atoms with Gasteiger partial charge in [0.15, 0.2) is 0 Å². The predicted molar refractivity (Wildman–Crippen MR) is 63.1 cm³/mol. The van der Waals surface area contributed by atoms with E-state index in [9.17, 15) is 4.79 Å². The quantitative estimate of drug-likeness (QED) is 0.649. The fraction of sp³-hybridized carbons (Fsp3) is 0.750. The molecule has 0 radical (unpaired) electrons. The van der Waals surface area contributed by atoms with Gasteiger partial charge in [0, 0.05) is 0 Å². The minimum atomic E-state index is -0.447. The zero-order valence-electron chi connectivity index (χ0n) is 9.92. The zero-order chi connectivity index (χ0) is 11.8. The van der Waals surface area contributed by atoms with Crippen molar-refractivity contribution in [1.29, 1.82) is 0 Å². The van der Waals surface area contributed by atoms with Crippen LogP contribution in [0.1, 0.15) is 40.0 Å². The second-order valence-electron chi connectivity index (χ2n) is 4.25. The SMILES string of the molecule is C#CC(CCC)NC(=O)[C@@H](N)CC(C)C. The molecule has 2 atom stereocenters. The third-order valence-corrected chi connectivity index (χ3v) is 2.16. The van der Waals surface area contributed by atoms with E-state index in [0.717, 1.165) is 12.8 Å². The molecule has 1 amide bonds. The van der Waals surface area contributed by atoms with Crippen LogP contribution < -0.4 is 11.1 Å². The number of nitrogens with two attached hydrogens (primary N) is 1. The Balaban J connectivity index is 4.05. The van der Waals surface area contributed by atoms with Gasteiger partial charge in [-0.05, 0) is 18.8 Å². The summed E-state index contributed by atoms with van der Waals surface area (Å²) in [7, 11) is 0. The van der Waals surface area contributed by atoms with Crippen LogP contribution in [-0.2, 0) is 4.79 Å². The van der Waals surface area contributed by atoms with Crippen molar-refractivity contribution in [2.75, 3.05) is 0 Å². The fourth-order valence-corrected chi connectivity index (χ4v) is 1.38. The van der Waals surface area contributed by atoms with Gasteiger partial charge in [0.1, 0.15) is 0 Å². The van der Waals surface area contributed by atoms with E-state index < -0.39 is 6.04 Å². The number of nitrogens with one attached hydrogen (secondary N) is 1. The van der Waals surface area contributed by atoms with E-state index in [1.807, 2.05) is 20.8 Å². The lowest BCUT2D eigenvalue weighted by molar-refractivity contribution is -0.123. The van der Waals surface area contributed by atoms with Crippen LogP contribution in [0.5, 0.6) is 0 Å². The van der Waals surface area contributed by atoms with Crippen molar-refractivity contribution in [2.45, 2.75) is 52.1 Å². The Morgan fingerprint density at radius 2 is 2.13 bits per heavy atom. The van der Waals surface area contributed by atoms with Gasteiger partial charge in [0.2, 0.25) is 5.91 Å². The highest BCUT2D eigenvalue weighted by Gasteiger charge is 2.17. The molecule has 0 saturated carbocycles. The average molecular weight is 210 g/mol. The Morgan fingerprint density at radius 3 is 2.53 bits per heavy atom. The molecule has 0 aliphatic rings. The summed E-state index contributed by atoms with van der Waals surface area (Å²) in [6, 6.07) is -0.626. The van der Waals surface area contributed by atoms with E-state index in [1.54, 1.807) is 0 Å². The minimum absolute atomic E-state index is 0.139. The Hall–Kier alpha value is -1.01. The van der Waals surface area contributed by atoms with Gasteiger partial charge in [-0.15, -0.1) is 6.42 Å². The normalized spacial score (nSPS) is 14.4. The third-order valence-electron chi connectivity index (χ3n) is 2.16. The second-order valence-corrected chi connectivity index (χ2v) is 4.25. The summed E-state index contributed by atoms with van der Waals surface area (Å²) in [6.45, 7) is 6.11. The van der Waals surface area contributed by atoms with Gasteiger partial charge in [-0.2, -0.15) is 0 Å². The Morgan fingerprint density at radius 1 is 1.53 bits per heavy atom. The molecule has 0 aromatic rings. The zero-order valence-corrected chi connectivity index (χ0v) is 9.92. The molecular weight excluding hydrogens is 188 g/mol. The average Bonchev–Trinajstić information content (AvgIpc) is 2.15.